The zero-order valence-corrected chi connectivity index (χ0v) is 23.3. The molecule has 1 fully saturated rings. The van der Waals surface area contributed by atoms with Gasteiger partial charge in [0, 0.05) is 56.6 Å². The van der Waals surface area contributed by atoms with Crippen molar-refractivity contribution < 1.29 is 28.6 Å². The second kappa shape index (κ2) is 13.4. The van der Waals surface area contributed by atoms with E-state index in [0.717, 1.165) is 13.0 Å². The lowest BCUT2D eigenvalue weighted by atomic mass is 9.93. The highest BCUT2D eigenvalue weighted by Gasteiger charge is 2.39. The number of methoxy groups -OCH3 is 2. The van der Waals surface area contributed by atoms with Crippen LogP contribution in [0, 0.1) is 0 Å². The number of hydrogen-bond donors (Lipinski definition) is 2. The van der Waals surface area contributed by atoms with Gasteiger partial charge in [-0.15, -0.1) is 0 Å². The number of esters is 1. The quantitative estimate of drug-likeness (QED) is 0.471. The number of nitrogens with one attached hydrogen (secondary N) is 2. The Morgan fingerprint density at radius 2 is 1.87 bits per heavy atom. The highest BCUT2D eigenvalue weighted by molar-refractivity contribution is 5.95. The van der Waals surface area contributed by atoms with Crippen LogP contribution in [0.5, 0.6) is 11.5 Å². The first-order valence-electron chi connectivity index (χ1n) is 13.2. The molecule has 2 N–H and O–H groups in total. The summed E-state index contributed by atoms with van der Waals surface area (Å²) in [5.74, 6) is 0.595. The van der Waals surface area contributed by atoms with Gasteiger partial charge in [0.1, 0.15) is 11.5 Å². The number of likely N-dealkylation sites (N-methyl/N-ethyl adjacent to an activating group) is 1. The number of urea groups is 2. The molecule has 2 heterocycles. The molecule has 0 spiro atoms. The van der Waals surface area contributed by atoms with Crippen molar-refractivity contribution in [2.45, 2.75) is 46.2 Å². The second-order valence-electron chi connectivity index (χ2n) is 9.54. The Labute approximate surface area is 225 Å². The van der Waals surface area contributed by atoms with Crippen molar-refractivity contribution in [1.82, 2.24) is 25.3 Å². The predicted molar refractivity (Wildman–Crippen MR) is 143 cm³/mol. The third kappa shape index (κ3) is 6.69. The molecular formula is C27H41N5O6. The van der Waals surface area contributed by atoms with Gasteiger partial charge in [-0.1, -0.05) is 0 Å². The topological polar surface area (TPSA) is 113 Å². The lowest BCUT2D eigenvalue weighted by molar-refractivity contribution is -0.139. The fourth-order valence-corrected chi connectivity index (χ4v) is 4.84. The summed E-state index contributed by atoms with van der Waals surface area (Å²) in [4.78, 5) is 44.9. The van der Waals surface area contributed by atoms with Crippen LogP contribution in [-0.2, 0) is 9.53 Å². The van der Waals surface area contributed by atoms with Crippen LogP contribution in [0.1, 0.15) is 45.7 Å². The number of nitrogens with zero attached hydrogens (tertiary/aromatic N) is 3. The molecule has 11 heteroatoms. The van der Waals surface area contributed by atoms with Gasteiger partial charge in [-0.2, -0.15) is 0 Å². The van der Waals surface area contributed by atoms with Gasteiger partial charge in [0.2, 0.25) is 0 Å². The van der Waals surface area contributed by atoms with Crippen LogP contribution in [0.3, 0.4) is 0 Å². The Morgan fingerprint density at radius 3 is 2.50 bits per heavy atom. The van der Waals surface area contributed by atoms with E-state index in [1.54, 1.807) is 44.2 Å². The zero-order valence-electron chi connectivity index (χ0n) is 23.3. The van der Waals surface area contributed by atoms with Gasteiger partial charge in [-0.05, 0) is 52.3 Å². The summed E-state index contributed by atoms with van der Waals surface area (Å²) in [6.45, 7) is 10.9. The normalized spacial score (nSPS) is 18.7. The fourth-order valence-electron chi connectivity index (χ4n) is 4.84. The largest absolute Gasteiger partial charge is 0.497 e. The van der Waals surface area contributed by atoms with Crippen molar-refractivity contribution in [3.8, 4) is 11.5 Å². The molecule has 1 saturated heterocycles. The third-order valence-corrected chi connectivity index (χ3v) is 6.66. The maximum absolute atomic E-state index is 13.5. The van der Waals surface area contributed by atoms with E-state index in [4.69, 9.17) is 14.2 Å². The molecule has 2 aliphatic heterocycles. The van der Waals surface area contributed by atoms with Gasteiger partial charge < -0.3 is 29.7 Å². The lowest BCUT2D eigenvalue weighted by Gasteiger charge is -2.38. The van der Waals surface area contributed by atoms with E-state index in [-0.39, 0.29) is 24.7 Å². The number of benzene rings is 1. The molecule has 3 rings (SSSR count). The Kier molecular flexibility index (Phi) is 10.2. The first-order chi connectivity index (χ1) is 18.2. The lowest BCUT2D eigenvalue weighted by Crippen LogP contribution is -2.51. The predicted octanol–water partition coefficient (Wildman–Crippen LogP) is 2.73. The molecule has 0 saturated carbocycles. The summed E-state index contributed by atoms with van der Waals surface area (Å²) in [6.07, 6.45) is 0.777. The van der Waals surface area contributed by atoms with Gasteiger partial charge in [-0.25, -0.2) is 14.4 Å². The van der Waals surface area contributed by atoms with Crippen molar-refractivity contribution in [3.63, 3.8) is 0 Å². The SMILES string of the molecule is CCOC(=O)C1=C(CN2CCCN(C(=O)NC(C)C)CC2)N(CC)C(=O)N[C@@H]1c1cc(OC)ccc1OC. The van der Waals surface area contributed by atoms with Gasteiger partial charge in [0.05, 0.1) is 32.4 Å². The van der Waals surface area contributed by atoms with Crippen LogP contribution in [0.2, 0.25) is 0 Å². The average molecular weight is 532 g/mol. The molecule has 0 aromatic heterocycles. The Hall–Kier alpha value is -3.47. The van der Waals surface area contributed by atoms with Crippen LogP contribution >= 0.6 is 0 Å². The molecule has 1 aromatic rings. The third-order valence-electron chi connectivity index (χ3n) is 6.66. The smallest absolute Gasteiger partial charge is 0.338 e. The zero-order chi connectivity index (χ0) is 27.8. The summed E-state index contributed by atoms with van der Waals surface area (Å²) in [5.41, 5.74) is 1.55. The summed E-state index contributed by atoms with van der Waals surface area (Å²) in [6, 6.07) is 4.16. The van der Waals surface area contributed by atoms with E-state index in [1.807, 2.05) is 25.7 Å². The van der Waals surface area contributed by atoms with Crippen molar-refractivity contribution in [1.29, 1.82) is 0 Å². The van der Waals surface area contributed by atoms with Gasteiger partial charge >= 0.3 is 18.0 Å². The molecule has 0 radical (unpaired) electrons. The maximum atomic E-state index is 13.5. The Balaban J connectivity index is 2.02. The highest BCUT2D eigenvalue weighted by atomic mass is 16.5. The molecule has 0 unspecified atom stereocenters. The molecule has 38 heavy (non-hydrogen) atoms. The molecule has 11 nitrogen and oxygen atoms in total. The second-order valence-corrected chi connectivity index (χ2v) is 9.54. The van der Waals surface area contributed by atoms with Crippen LogP contribution in [0.25, 0.3) is 0 Å². The summed E-state index contributed by atoms with van der Waals surface area (Å²) >= 11 is 0. The van der Waals surface area contributed by atoms with Crippen molar-refractivity contribution >= 4 is 18.0 Å². The van der Waals surface area contributed by atoms with Gasteiger partial charge in [-0.3, -0.25) is 9.80 Å². The minimum absolute atomic E-state index is 0.0588. The minimum Gasteiger partial charge on any atom is -0.497 e. The minimum atomic E-state index is -0.787. The van der Waals surface area contributed by atoms with Crippen molar-refractivity contribution in [2.24, 2.45) is 0 Å². The van der Waals surface area contributed by atoms with Crippen molar-refractivity contribution in [2.75, 3.05) is 60.1 Å². The average Bonchev–Trinajstić information content (AvgIpc) is 3.13. The Bertz CT molecular complexity index is 1040. The van der Waals surface area contributed by atoms with E-state index in [0.29, 0.717) is 61.1 Å². The van der Waals surface area contributed by atoms with Crippen LogP contribution < -0.4 is 20.1 Å². The number of carbonyl (C=O) groups is 3. The highest BCUT2D eigenvalue weighted by Crippen LogP contribution is 2.38. The van der Waals surface area contributed by atoms with E-state index in [1.165, 1.54) is 0 Å². The van der Waals surface area contributed by atoms with Crippen LogP contribution in [-0.4, -0.2) is 98.9 Å². The summed E-state index contributed by atoms with van der Waals surface area (Å²) in [7, 11) is 3.10. The van der Waals surface area contributed by atoms with E-state index < -0.39 is 12.0 Å². The molecule has 2 aliphatic rings. The van der Waals surface area contributed by atoms with E-state index in [2.05, 4.69) is 15.5 Å². The number of amides is 4. The first-order valence-corrected chi connectivity index (χ1v) is 13.2. The fraction of sp³-hybridized carbons (Fsp3) is 0.593. The molecule has 0 bridgehead atoms. The standard InChI is InChI=1S/C27H41N5O6/c1-7-32-21(17-30-12-9-13-31(15-14-30)26(34)28-18(3)4)23(25(33)38-8-2)24(29-27(32)35)20-16-19(36-5)10-11-22(20)37-6/h10-11,16,18,24H,7-9,12-15,17H2,1-6H3,(H,28,34)(H,29,35)/t24-/m1/s1. The molecular weight excluding hydrogens is 490 g/mol. The first kappa shape index (κ1) is 29.1. The maximum Gasteiger partial charge on any atom is 0.338 e. The number of ether oxygens (including phenoxy) is 3. The molecule has 1 atom stereocenters. The molecule has 0 aliphatic carbocycles. The van der Waals surface area contributed by atoms with Gasteiger partial charge in [0.25, 0.3) is 0 Å². The summed E-state index contributed by atoms with van der Waals surface area (Å²) in [5, 5.41) is 5.94. The van der Waals surface area contributed by atoms with Crippen LogP contribution in [0.4, 0.5) is 9.59 Å². The molecule has 4 amide bonds. The van der Waals surface area contributed by atoms with E-state index >= 15 is 0 Å². The number of rotatable bonds is 9. The number of hydrogen-bond acceptors (Lipinski definition) is 7. The molecule has 210 valence electrons. The number of carbonyl (C=O) groups excluding carboxylic acids is 3. The van der Waals surface area contributed by atoms with Crippen LogP contribution in [0.15, 0.2) is 29.5 Å². The molecule has 1 aromatic carbocycles. The Morgan fingerprint density at radius 1 is 1.11 bits per heavy atom. The van der Waals surface area contributed by atoms with Crippen molar-refractivity contribution in [3.05, 3.63) is 35.0 Å². The summed E-state index contributed by atoms with van der Waals surface area (Å²) < 4.78 is 16.5. The monoisotopic (exact) mass is 531 g/mol. The van der Waals surface area contributed by atoms with E-state index in [9.17, 15) is 14.4 Å². The van der Waals surface area contributed by atoms with Gasteiger partial charge in [0.15, 0.2) is 0 Å².